The molecule has 0 bridgehead atoms. The van der Waals surface area contributed by atoms with Gasteiger partial charge in [0, 0.05) is 21.9 Å². The molecule has 134 valence electrons. The number of hydrogen-bond donors (Lipinski definition) is 0. The molecule has 0 atom stereocenters. The topological polar surface area (TPSA) is 43.4 Å². The number of carbonyl (C=O) groups excluding carboxylic acids is 2. The third kappa shape index (κ3) is 2.37. The van der Waals surface area contributed by atoms with Gasteiger partial charge in [-0.1, -0.05) is 78.3 Å². The number of fused-ring (bicyclic) bond motifs is 3. The van der Waals surface area contributed by atoms with Crippen molar-refractivity contribution in [1.29, 1.82) is 0 Å². The van der Waals surface area contributed by atoms with Crippen LogP contribution in [-0.2, 0) is 0 Å². The molecule has 1 aliphatic rings. The van der Waals surface area contributed by atoms with Gasteiger partial charge in [-0.2, -0.15) is 0 Å². The number of benzene rings is 4. The van der Waals surface area contributed by atoms with Gasteiger partial charge >= 0.3 is 0 Å². The molecule has 0 aromatic heterocycles. The molecule has 0 unspecified atom stereocenters. The van der Waals surface area contributed by atoms with Gasteiger partial charge in [0.05, 0.1) is 16.1 Å². The largest absolute Gasteiger partial charge is 0.456 e. The molecule has 4 aromatic carbocycles. The summed E-state index contributed by atoms with van der Waals surface area (Å²) in [6.07, 6.45) is 0. The van der Waals surface area contributed by atoms with Crippen LogP contribution in [0.1, 0.15) is 31.8 Å². The van der Waals surface area contributed by atoms with Crippen LogP contribution in [-0.4, -0.2) is 11.6 Å². The smallest absolute Gasteiger partial charge is 0.198 e. The van der Waals surface area contributed by atoms with Crippen molar-refractivity contribution in [3.8, 4) is 11.5 Å². The van der Waals surface area contributed by atoms with Crippen molar-refractivity contribution in [3.05, 3.63) is 106 Å². The van der Waals surface area contributed by atoms with E-state index in [1.165, 1.54) is 0 Å². The van der Waals surface area contributed by atoms with E-state index in [2.05, 4.69) is 0 Å². The fourth-order valence-electron chi connectivity index (χ4n) is 3.66. The summed E-state index contributed by atoms with van der Waals surface area (Å²) >= 11 is 6.63. The molecule has 0 saturated heterocycles. The van der Waals surface area contributed by atoms with Crippen molar-refractivity contribution in [2.45, 2.75) is 0 Å². The van der Waals surface area contributed by atoms with E-state index >= 15 is 0 Å². The number of halogens is 1. The second-order valence-corrected chi connectivity index (χ2v) is 6.94. The summed E-state index contributed by atoms with van der Waals surface area (Å²) < 4.78 is 6.15. The summed E-state index contributed by atoms with van der Waals surface area (Å²) in [5.74, 6) is 0.410. The highest BCUT2D eigenvalue weighted by Crippen LogP contribution is 2.45. The first-order valence-corrected chi connectivity index (χ1v) is 9.20. The molecule has 0 fully saturated rings. The Bertz CT molecular complexity index is 1280. The van der Waals surface area contributed by atoms with Gasteiger partial charge in [0.15, 0.2) is 11.6 Å². The van der Waals surface area contributed by atoms with E-state index in [-0.39, 0.29) is 27.7 Å². The van der Waals surface area contributed by atoms with Crippen LogP contribution in [0, 0.1) is 0 Å². The predicted octanol–water partition coefficient (Wildman–Crippen LogP) is 6.06. The molecule has 0 N–H and O–H groups in total. The maximum absolute atomic E-state index is 13.4. The maximum Gasteiger partial charge on any atom is 0.198 e. The van der Waals surface area contributed by atoms with Crippen molar-refractivity contribution in [2.75, 3.05) is 0 Å². The van der Waals surface area contributed by atoms with Gasteiger partial charge in [-0.15, -0.1) is 0 Å². The average Bonchev–Trinajstić information content (AvgIpc) is 2.75. The Balaban J connectivity index is 1.88. The van der Waals surface area contributed by atoms with Crippen LogP contribution < -0.4 is 4.74 Å². The molecule has 0 heterocycles. The summed E-state index contributed by atoms with van der Waals surface area (Å²) in [4.78, 5) is 26.6. The van der Waals surface area contributed by atoms with E-state index in [0.717, 1.165) is 0 Å². The minimum atomic E-state index is -0.265. The van der Waals surface area contributed by atoms with Crippen LogP contribution in [0.3, 0.4) is 0 Å². The maximum atomic E-state index is 13.4. The molecule has 4 aromatic rings. The third-order valence-electron chi connectivity index (χ3n) is 4.94. The number of carbonyl (C=O) groups is 2. The second kappa shape index (κ2) is 6.32. The van der Waals surface area contributed by atoms with Crippen LogP contribution in [0.15, 0.2) is 78.9 Å². The van der Waals surface area contributed by atoms with Crippen LogP contribution in [0.25, 0.3) is 10.8 Å². The minimum absolute atomic E-state index is 0.204. The Labute approximate surface area is 166 Å². The van der Waals surface area contributed by atoms with Crippen LogP contribution >= 0.6 is 11.6 Å². The number of hydrogen-bond acceptors (Lipinski definition) is 3. The Hall–Kier alpha value is -3.43. The quantitative estimate of drug-likeness (QED) is 0.371. The number of ketones is 2. The molecule has 1 aliphatic carbocycles. The van der Waals surface area contributed by atoms with E-state index in [1.54, 1.807) is 36.4 Å². The Morgan fingerprint density at radius 3 is 1.82 bits per heavy atom. The first kappa shape index (κ1) is 16.7. The highest BCUT2D eigenvalue weighted by atomic mass is 35.5. The molecule has 3 nitrogen and oxygen atoms in total. The van der Waals surface area contributed by atoms with E-state index < -0.39 is 0 Å². The van der Waals surface area contributed by atoms with Crippen molar-refractivity contribution in [1.82, 2.24) is 0 Å². The molecule has 0 saturated carbocycles. The molecule has 0 amide bonds. The molecule has 0 spiro atoms. The molecular weight excluding hydrogens is 372 g/mol. The number of rotatable bonds is 2. The van der Waals surface area contributed by atoms with Gasteiger partial charge in [0.25, 0.3) is 0 Å². The van der Waals surface area contributed by atoms with Crippen LogP contribution in [0.4, 0.5) is 0 Å². The molecule has 4 heteroatoms. The Morgan fingerprint density at radius 2 is 1.14 bits per heavy atom. The summed E-state index contributed by atoms with van der Waals surface area (Å²) in [7, 11) is 0. The summed E-state index contributed by atoms with van der Waals surface area (Å²) in [5.41, 5.74) is 1.15. The summed E-state index contributed by atoms with van der Waals surface area (Å²) in [6, 6.07) is 23.4. The van der Waals surface area contributed by atoms with Crippen molar-refractivity contribution in [3.63, 3.8) is 0 Å². The monoisotopic (exact) mass is 384 g/mol. The summed E-state index contributed by atoms with van der Waals surface area (Å²) in [6.45, 7) is 0. The first-order valence-electron chi connectivity index (χ1n) is 8.82. The molecule has 0 radical (unpaired) electrons. The molecule has 5 rings (SSSR count). The lowest BCUT2D eigenvalue weighted by Gasteiger charge is -2.23. The highest BCUT2D eigenvalue weighted by molar-refractivity contribution is 6.43. The molecular formula is C24H13ClO3. The van der Waals surface area contributed by atoms with Crippen molar-refractivity contribution < 1.29 is 14.3 Å². The lowest BCUT2D eigenvalue weighted by Crippen LogP contribution is -2.22. The molecule has 0 aliphatic heterocycles. The van der Waals surface area contributed by atoms with Gasteiger partial charge < -0.3 is 4.74 Å². The van der Waals surface area contributed by atoms with Crippen LogP contribution in [0.2, 0.25) is 5.02 Å². The third-order valence-corrected chi connectivity index (χ3v) is 5.33. The summed E-state index contributed by atoms with van der Waals surface area (Å²) in [5, 5.41) is 1.64. The standard InChI is InChI=1S/C24H13ClO3/c25-21-15-10-4-7-13-18(15)24(28-14-8-2-1-3-9-14)20-19(21)22(26)16-11-5-6-12-17(16)23(20)27/h1-13H. The average molecular weight is 385 g/mol. The van der Waals surface area contributed by atoms with E-state index in [9.17, 15) is 9.59 Å². The van der Waals surface area contributed by atoms with Gasteiger partial charge in [0.1, 0.15) is 11.5 Å². The van der Waals surface area contributed by atoms with Gasteiger partial charge in [0.2, 0.25) is 0 Å². The predicted molar refractivity (Wildman–Crippen MR) is 109 cm³/mol. The van der Waals surface area contributed by atoms with Crippen molar-refractivity contribution in [2.24, 2.45) is 0 Å². The fourth-order valence-corrected chi connectivity index (χ4v) is 4.00. The minimum Gasteiger partial charge on any atom is -0.456 e. The normalized spacial score (nSPS) is 12.6. The molecule has 28 heavy (non-hydrogen) atoms. The number of para-hydroxylation sites is 1. The van der Waals surface area contributed by atoms with Crippen molar-refractivity contribution >= 4 is 33.9 Å². The SMILES string of the molecule is O=C1c2ccccc2C(=O)c2c1c(Cl)c1ccccc1c2Oc1ccccc1. The van der Waals surface area contributed by atoms with Gasteiger partial charge in [-0.3, -0.25) is 9.59 Å². The zero-order valence-electron chi connectivity index (χ0n) is 14.6. The number of ether oxygens (including phenoxy) is 1. The van der Waals surface area contributed by atoms with Gasteiger partial charge in [-0.05, 0) is 12.1 Å². The van der Waals surface area contributed by atoms with Crippen LogP contribution in [0.5, 0.6) is 11.5 Å². The Kier molecular flexibility index (Phi) is 3.78. The van der Waals surface area contributed by atoms with E-state index in [4.69, 9.17) is 16.3 Å². The zero-order valence-corrected chi connectivity index (χ0v) is 15.4. The second-order valence-electron chi connectivity index (χ2n) is 6.56. The fraction of sp³-hybridized carbons (Fsp3) is 0. The first-order chi connectivity index (χ1) is 13.7. The lowest BCUT2D eigenvalue weighted by molar-refractivity contribution is 0.0977. The van der Waals surface area contributed by atoms with E-state index in [1.807, 2.05) is 42.5 Å². The highest BCUT2D eigenvalue weighted by Gasteiger charge is 2.36. The Morgan fingerprint density at radius 1 is 0.607 bits per heavy atom. The van der Waals surface area contributed by atoms with E-state index in [0.29, 0.717) is 33.4 Å². The van der Waals surface area contributed by atoms with Gasteiger partial charge in [-0.25, -0.2) is 0 Å². The lowest BCUT2D eigenvalue weighted by atomic mass is 9.82. The zero-order chi connectivity index (χ0) is 19.3.